The largest absolute Gasteiger partial charge is 0.324 e. The Bertz CT molecular complexity index is 363. The Hall–Kier alpha value is -0.860. The second-order valence-corrected chi connectivity index (χ2v) is 6.21. The van der Waals surface area contributed by atoms with E-state index in [1.54, 1.807) is 0 Å². The third-order valence-corrected chi connectivity index (χ3v) is 4.73. The van der Waals surface area contributed by atoms with Crippen molar-refractivity contribution < 1.29 is 0 Å². The number of nitrogens with two attached hydrogens (primary N) is 1. The highest BCUT2D eigenvalue weighted by molar-refractivity contribution is 5.18. The summed E-state index contributed by atoms with van der Waals surface area (Å²) in [6, 6.07) is 10.7. The van der Waals surface area contributed by atoms with Crippen LogP contribution < -0.4 is 5.73 Å². The third kappa shape index (κ3) is 4.92. The van der Waals surface area contributed by atoms with Crippen molar-refractivity contribution in [2.75, 3.05) is 19.6 Å². The molecule has 1 aromatic carbocycles. The monoisotopic (exact) mass is 274 g/mol. The first-order valence-electron chi connectivity index (χ1n) is 8.32. The Morgan fingerprint density at radius 3 is 2.75 bits per heavy atom. The molecule has 0 radical (unpaired) electrons. The third-order valence-electron chi connectivity index (χ3n) is 4.73. The van der Waals surface area contributed by atoms with Gasteiger partial charge in [-0.3, -0.25) is 0 Å². The van der Waals surface area contributed by atoms with Crippen molar-refractivity contribution in [1.82, 2.24) is 4.90 Å². The van der Waals surface area contributed by atoms with Crippen LogP contribution in [0.2, 0.25) is 0 Å². The minimum atomic E-state index is 0.201. The summed E-state index contributed by atoms with van der Waals surface area (Å²) < 4.78 is 0. The van der Waals surface area contributed by atoms with E-state index in [2.05, 4.69) is 42.2 Å². The fourth-order valence-corrected chi connectivity index (χ4v) is 3.26. The van der Waals surface area contributed by atoms with Gasteiger partial charge in [0, 0.05) is 6.04 Å². The maximum Gasteiger partial charge on any atom is 0.0295 e. The maximum absolute atomic E-state index is 6.27. The van der Waals surface area contributed by atoms with Crippen molar-refractivity contribution >= 4 is 0 Å². The van der Waals surface area contributed by atoms with Gasteiger partial charge in [-0.1, -0.05) is 43.7 Å². The zero-order valence-corrected chi connectivity index (χ0v) is 12.9. The fraction of sp³-hybridized carbons (Fsp3) is 0.667. The Morgan fingerprint density at radius 1 is 1.20 bits per heavy atom. The molecule has 1 aromatic rings. The molecule has 0 bridgehead atoms. The van der Waals surface area contributed by atoms with Crippen molar-refractivity contribution in [1.29, 1.82) is 0 Å². The molecular formula is C18H30N2. The summed E-state index contributed by atoms with van der Waals surface area (Å²) in [5, 5.41) is 0. The molecule has 1 fully saturated rings. The second-order valence-electron chi connectivity index (χ2n) is 6.21. The van der Waals surface area contributed by atoms with Crippen molar-refractivity contribution in [2.45, 2.75) is 51.5 Å². The quantitative estimate of drug-likeness (QED) is 0.850. The first-order valence-corrected chi connectivity index (χ1v) is 8.32. The van der Waals surface area contributed by atoms with Gasteiger partial charge in [0.05, 0.1) is 0 Å². The van der Waals surface area contributed by atoms with Crippen LogP contribution in [0.15, 0.2) is 30.3 Å². The van der Waals surface area contributed by atoms with Crippen LogP contribution in [0.1, 0.15) is 57.1 Å². The molecule has 2 rings (SSSR count). The normalized spacial score (nSPS) is 22.4. The van der Waals surface area contributed by atoms with E-state index in [9.17, 15) is 0 Å². The SMILES string of the molecule is CCC1CCCN(CCCC(N)c2ccccc2)CC1. The Balaban J connectivity index is 1.68. The van der Waals surface area contributed by atoms with Gasteiger partial charge in [-0.25, -0.2) is 0 Å². The first-order chi connectivity index (χ1) is 9.79. The Labute approximate surface area is 124 Å². The molecule has 2 nitrogen and oxygen atoms in total. The lowest BCUT2D eigenvalue weighted by Gasteiger charge is -2.21. The van der Waals surface area contributed by atoms with Gasteiger partial charge in [-0.2, -0.15) is 0 Å². The summed E-state index contributed by atoms with van der Waals surface area (Å²) in [7, 11) is 0. The fourth-order valence-electron chi connectivity index (χ4n) is 3.26. The molecule has 2 unspecified atom stereocenters. The van der Waals surface area contributed by atoms with Crippen LogP contribution in [0.5, 0.6) is 0 Å². The average molecular weight is 274 g/mol. The number of likely N-dealkylation sites (tertiary alicyclic amines) is 1. The molecule has 2 heteroatoms. The van der Waals surface area contributed by atoms with Gasteiger partial charge in [0.15, 0.2) is 0 Å². The molecule has 1 saturated heterocycles. The lowest BCUT2D eigenvalue weighted by molar-refractivity contribution is 0.271. The highest BCUT2D eigenvalue weighted by Gasteiger charge is 2.15. The summed E-state index contributed by atoms with van der Waals surface area (Å²) in [4.78, 5) is 2.65. The van der Waals surface area contributed by atoms with Gasteiger partial charge in [-0.15, -0.1) is 0 Å². The average Bonchev–Trinajstić information content (AvgIpc) is 2.73. The van der Waals surface area contributed by atoms with Crippen LogP contribution in [0, 0.1) is 5.92 Å². The number of benzene rings is 1. The van der Waals surface area contributed by atoms with Gasteiger partial charge in [0.2, 0.25) is 0 Å². The number of hydrogen-bond donors (Lipinski definition) is 1. The standard InChI is InChI=1S/C18H30N2/c1-2-16-8-6-13-20(15-12-16)14-7-11-18(19)17-9-4-3-5-10-17/h3-5,9-10,16,18H,2,6-8,11-15,19H2,1H3. The van der Waals surface area contributed by atoms with Gasteiger partial charge in [0.25, 0.3) is 0 Å². The van der Waals surface area contributed by atoms with Crippen molar-refractivity contribution in [3.8, 4) is 0 Å². The number of rotatable bonds is 6. The molecule has 0 aliphatic carbocycles. The van der Waals surface area contributed by atoms with Crippen LogP contribution in [-0.2, 0) is 0 Å². The van der Waals surface area contributed by atoms with Crippen LogP contribution in [0.3, 0.4) is 0 Å². The lowest BCUT2D eigenvalue weighted by atomic mass is 9.98. The van der Waals surface area contributed by atoms with E-state index in [-0.39, 0.29) is 6.04 Å². The summed E-state index contributed by atoms with van der Waals surface area (Å²) in [6.07, 6.45) is 7.86. The Morgan fingerprint density at radius 2 is 2.00 bits per heavy atom. The molecular weight excluding hydrogens is 244 g/mol. The molecule has 1 heterocycles. The molecule has 1 aliphatic rings. The smallest absolute Gasteiger partial charge is 0.0295 e. The molecule has 20 heavy (non-hydrogen) atoms. The van der Waals surface area contributed by atoms with E-state index >= 15 is 0 Å². The van der Waals surface area contributed by atoms with E-state index in [0.717, 1.165) is 12.3 Å². The van der Waals surface area contributed by atoms with Crippen LogP contribution in [0.4, 0.5) is 0 Å². The van der Waals surface area contributed by atoms with E-state index in [0.29, 0.717) is 0 Å². The van der Waals surface area contributed by atoms with Crippen LogP contribution in [-0.4, -0.2) is 24.5 Å². The topological polar surface area (TPSA) is 29.3 Å². The van der Waals surface area contributed by atoms with Crippen molar-refractivity contribution in [2.24, 2.45) is 11.7 Å². The van der Waals surface area contributed by atoms with E-state index in [1.165, 1.54) is 57.3 Å². The van der Waals surface area contributed by atoms with Gasteiger partial charge in [0.1, 0.15) is 0 Å². The van der Waals surface area contributed by atoms with E-state index in [4.69, 9.17) is 5.73 Å². The minimum Gasteiger partial charge on any atom is -0.324 e. The summed E-state index contributed by atoms with van der Waals surface area (Å²) in [6.45, 7) is 6.13. The summed E-state index contributed by atoms with van der Waals surface area (Å²) in [5.74, 6) is 0.964. The van der Waals surface area contributed by atoms with Crippen LogP contribution in [0.25, 0.3) is 0 Å². The van der Waals surface area contributed by atoms with Crippen molar-refractivity contribution in [3.63, 3.8) is 0 Å². The predicted octanol–water partition coefficient (Wildman–Crippen LogP) is 3.98. The minimum absolute atomic E-state index is 0.201. The van der Waals surface area contributed by atoms with Gasteiger partial charge < -0.3 is 10.6 Å². The van der Waals surface area contributed by atoms with Crippen LogP contribution >= 0.6 is 0 Å². The zero-order chi connectivity index (χ0) is 14.2. The number of hydrogen-bond acceptors (Lipinski definition) is 2. The van der Waals surface area contributed by atoms with Gasteiger partial charge in [-0.05, 0) is 63.2 Å². The highest BCUT2D eigenvalue weighted by Crippen LogP contribution is 2.21. The van der Waals surface area contributed by atoms with Gasteiger partial charge >= 0.3 is 0 Å². The molecule has 112 valence electrons. The first kappa shape index (κ1) is 15.5. The summed E-state index contributed by atoms with van der Waals surface area (Å²) in [5.41, 5.74) is 7.54. The molecule has 0 aromatic heterocycles. The Kier molecular flexibility index (Phi) is 6.55. The molecule has 0 amide bonds. The van der Waals surface area contributed by atoms with E-state index < -0.39 is 0 Å². The molecule has 2 atom stereocenters. The number of nitrogens with zero attached hydrogens (tertiary/aromatic N) is 1. The molecule has 0 saturated carbocycles. The lowest BCUT2D eigenvalue weighted by Crippen LogP contribution is -2.26. The zero-order valence-electron chi connectivity index (χ0n) is 12.9. The highest BCUT2D eigenvalue weighted by atomic mass is 15.1. The predicted molar refractivity (Wildman–Crippen MR) is 86.7 cm³/mol. The molecule has 1 aliphatic heterocycles. The molecule has 0 spiro atoms. The second kappa shape index (κ2) is 8.43. The summed E-state index contributed by atoms with van der Waals surface area (Å²) >= 11 is 0. The maximum atomic E-state index is 6.27. The molecule has 2 N–H and O–H groups in total. The van der Waals surface area contributed by atoms with E-state index in [1.807, 2.05) is 0 Å². The van der Waals surface area contributed by atoms with Crippen molar-refractivity contribution in [3.05, 3.63) is 35.9 Å².